The second-order valence-electron chi connectivity index (χ2n) is 8.10. The van der Waals surface area contributed by atoms with E-state index in [9.17, 15) is 9.59 Å². The third-order valence-electron chi connectivity index (χ3n) is 6.47. The second-order valence-corrected chi connectivity index (χ2v) is 8.99. The van der Waals surface area contributed by atoms with Crippen LogP contribution in [0, 0.1) is 11.8 Å². The number of thiazole rings is 1. The quantitative estimate of drug-likeness (QED) is 0.621. The van der Waals surface area contributed by atoms with Crippen molar-refractivity contribution in [1.82, 2.24) is 14.9 Å². The van der Waals surface area contributed by atoms with Gasteiger partial charge < -0.3 is 19.9 Å². The Hall–Kier alpha value is -2.97. The van der Waals surface area contributed by atoms with Crippen molar-refractivity contribution in [3.63, 3.8) is 0 Å². The summed E-state index contributed by atoms with van der Waals surface area (Å²) in [6.07, 6.45) is 7.97. The Morgan fingerprint density at radius 3 is 3.17 bits per heavy atom. The van der Waals surface area contributed by atoms with Gasteiger partial charge in [0.05, 0.1) is 24.5 Å². The van der Waals surface area contributed by atoms with Crippen molar-refractivity contribution in [2.24, 2.45) is 11.8 Å². The number of hydrogen-bond acceptors (Lipinski definition) is 5. The Kier molecular flexibility index (Phi) is 3.88. The zero-order chi connectivity index (χ0) is 20.3. The summed E-state index contributed by atoms with van der Waals surface area (Å²) >= 11 is 1.36. The Bertz CT molecular complexity index is 1170. The van der Waals surface area contributed by atoms with Crippen LogP contribution in [0.25, 0.3) is 10.9 Å². The molecule has 6 rings (SSSR count). The first-order valence-corrected chi connectivity index (χ1v) is 10.9. The molecular weight excluding hydrogens is 400 g/mol. The fourth-order valence-electron chi connectivity index (χ4n) is 5.13. The molecule has 152 valence electrons. The van der Waals surface area contributed by atoms with E-state index in [2.05, 4.69) is 21.4 Å². The summed E-state index contributed by atoms with van der Waals surface area (Å²) in [5, 5.41) is 6.38. The monoisotopic (exact) mass is 420 g/mol. The van der Waals surface area contributed by atoms with E-state index in [1.165, 1.54) is 22.3 Å². The maximum atomic E-state index is 13.3. The van der Waals surface area contributed by atoms with Crippen LogP contribution in [-0.2, 0) is 20.7 Å². The average Bonchev–Trinajstić information content (AvgIpc) is 3.55. The molecule has 1 aromatic carbocycles. The van der Waals surface area contributed by atoms with E-state index in [1.54, 1.807) is 6.20 Å². The van der Waals surface area contributed by atoms with Gasteiger partial charge in [-0.1, -0.05) is 30.4 Å². The molecule has 2 fully saturated rings. The molecule has 2 amide bonds. The summed E-state index contributed by atoms with van der Waals surface area (Å²) in [5.41, 5.74) is 1.60. The van der Waals surface area contributed by atoms with Crippen LogP contribution in [0.3, 0.4) is 0 Å². The highest BCUT2D eigenvalue weighted by Crippen LogP contribution is 2.52. The van der Waals surface area contributed by atoms with Gasteiger partial charge in [0.1, 0.15) is 5.60 Å². The number of para-hydroxylation sites is 1. The van der Waals surface area contributed by atoms with Crippen LogP contribution in [0.2, 0.25) is 0 Å². The molecule has 2 aromatic heterocycles. The number of nitrogens with one attached hydrogen (secondary N) is 2. The lowest BCUT2D eigenvalue weighted by Crippen LogP contribution is -2.41. The molecule has 3 aromatic rings. The predicted octanol–water partition coefficient (Wildman–Crippen LogP) is 2.59. The van der Waals surface area contributed by atoms with E-state index >= 15 is 0 Å². The standard InChI is InChI=1S/C22H20N4O3S/c27-19(25-21-23-8-10-30-21)17-16-5-7-22(29-16)12-26(20(28)18(17)22)9-6-13-11-24-15-4-2-1-3-14(13)15/h1-5,7-8,10-11,16-18,24H,6,9,12H2,(H,23,25,27)/t16-,17+,18+,22+/m1/s1. The van der Waals surface area contributed by atoms with Crippen LogP contribution in [-0.4, -0.2) is 51.5 Å². The van der Waals surface area contributed by atoms with Crippen molar-refractivity contribution in [1.29, 1.82) is 0 Å². The second kappa shape index (κ2) is 6.52. The lowest BCUT2D eigenvalue weighted by Gasteiger charge is -2.23. The molecule has 3 aliphatic heterocycles. The van der Waals surface area contributed by atoms with Crippen LogP contribution in [0.15, 0.2) is 54.2 Å². The van der Waals surface area contributed by atoms with E-state index < -0.39 is 17.4 Å². The number of hydrogen-bond donors (Lipinski definition) is 2. The highest BCUT2D eigenvalue weighted by atomic mass is 32.1. The fourth-order valence-corrected chi connectivity index (χ4v) is 5.67. The molecule has 4 atom stereocenters. The Morgan fingerprint density at radius 2 is 2.30 bits per heavy atom. The minimum atomic E-state index is -0.688. The average molecular weight is 420 g/mol. The fraction of sp³-hybridized carbons (Fsp3) is 0.318. The van der Waals surface area contributed by atoms with Crippen molar-refractivity contribution < 1.29 is 14.3 Å². The van der Waals surface area contributed by atoms with Crippen LogP contribution < -0.4 is 5.32 Å². The number of likely N-dealkylation sites (tertiary alicyclic amines) is 1. The summed E-state index contributed by atoms with van der Waals surface area (Å²) in [5.74, 6) is -1.20. The number of anilines is 1. The Morgan fingerprint density at radius 1 is 1.40 bits per heavy atom. The molecule has 30 heavy (non-hydrogen) atoms. The highest BCUT2D eigenvalue weighted by Gasteiger charge is 2.66. The third-order valence-corrected chi connectivity index (χ3v) is 7.16. The first-order valence-electron chi connectivity index (χ1n) is 10.1. The highest BCUT2D eigenvalue weighted by molar-refractivity contribution is 7.13. The van der Waals surface area contributed by atoms with Gasteiger partial charge in [0.2, 0.25) is 11.8 Å². The van der Waals surface area contributed by atoms with Crippen molar-refractivity contribution in [3.05, 3.63) is 59.8 Å². The number of aromatic nitrogens is 2. The van der Waals surface area contributed by atoms with Gasteiger partial charge in [-0.15, -0.1) is 11.3 Å². The molecule has 0 aliphatic carbocycles. The zero-order valence-electron chi connectivity index (χ0n) is 16.1. The molecule has 3 aliphatic rings. The van der Waals surface area contributed by atoms with Gasteiger partial charge in [0.25, 0.3) is 0 Å². The van der Waals surface area contributed by atoms with Gasteiger partial charge in [-0.25, -0.2) is 4.98 Å². The molecule has 2 saturated heterocycles. The molecule has 0 saturated carbocycles. The van der Waals surface area contributed by atoms with Gasteiger partial charge in [0.15, 0.2) is 5.13 Å². The number of aromatic amines is 1. The Balaban J connectivity index is 1.21. The summed E-state index contributed by atoms with van der Waals surface area (Å²) in [7, 11) is 0. The summed E-state index contributed by atoms with van der Waals surface area (Å²) in [6, 6.07) is 8.16. The summed E-state index contributed by atoms with van der Waals surface area (Å²) in [6.45, 7) is 1.09. The SMILES string of the molecule is O=C(Nc1nccs1)[C@@H]1[C@H]2C(=O)N(CCc3c[nH]c4ccccc34)C[C@@]23C=C[C@H]1O3. The molecule has 8 heteroatoms. The van der Waals surface area contributed by atoms with Crippen molar-refractivity contribution in [2.45, 2.75) is 18.1 Å². The number of amides is 2. The summed E-state index contributed by atoms with van der Waals surface area (Å²) in [4.78, 5) is 35.5. The lowest BCUT2D eigenvalue weighted by molar-refractivity contribution is -0.135. The van der Waals surface area contributed by atoms with Crippen LogP contribution in [0.4, 0.5) is 5.13 Å². The van der Waals surface area contributed by atoms with Gasteiger partial charge in [-0.2, -0.15) is 0 Å². The van der Waals surface area contributed by atoms with Crippen molar-refractivity contribution in [2.75, 3.05) is 18.4 Å². The van der Waals surface area contributed by atoms with E-state index in [4.69, 9.17) is 4.74 Å². The van der Waals surface area contributed by atoms with Crippen molar-refractivity contribution in [3.8, 4) is 0 Å². The largest absolute Gasteiger partial charge is 0.361 e. The Labute approximate surface area is 176 Å². The number of H-pyrrole nitrogens is 1. The predicted molar refractivity (Wildman–Crippen MR) is 113 cm³/mol. The third kappa shape index (κ3) is 2.57. The normalized spacial score (nSPS) is 29.1. The van der Waals surface area contributed by atoms with Gasteiger partial charge in [-0.05, 0) is 18.1 Å². The number of nitrogens with zero attached hydrogens (tertiary/aromatic N) is 2. The molecule has 0 radical (unpaired) electrons. The molecule has 1 spiro atoms. The minimum absolute atomic E-state index is 0.000907. The number of carbonyl (C=O) groups excluding carboxylic acids is 2. The maximum Gasteiger partial charge on any atom is 0.233 e. The zero-order valence-corrected chi connectivity index (χ0v) is 16.9. The van der Waals surface area contributed by atoms with Crippen molar-refractivity contribution >= 4 is 39.2 Å². The van der Waals surface area contributed by atoms with Crippen LogP contribution >= 0.6 is 11.3 Å². The van der Waals surface area contributed by atoms with Gasteiger partial charge in [-0.3, -0.25) is 9.59 Å². The van der Waals surface area contributed by atoms with Crippen LogP contribution in [0.5, 0.6) is 0 Å². The lowest BCUT2D eigenvalue weighted by atomic mass is 9.77. The molecule has 2 bridgehead atoms. The first-order chi connectivity index (χ1) is 14.6. The van der Waals surface area contributed by atoms with E-state index in [0.717, 1.165) is 11.9 Å². The van der Waals surface area contributed by atoms with E-state index in [0.29, 0.717) is 18.2 Å². The topological polar surface area (TPSA) is 87.3 Å². The minimum Gasteiger partial charge on any atom is -0.361 e. The number of rotatable bonds is 5. The molecule has 0 unspecified atom stereocenters. The number of carbonyl (C=O) groups is 2. The van der Waals surface area contributed by atoms with Gasteiger partial charge in [0, 0.05) is 35.2 Å². The number of fused-ring (bicyclic) bond motifs is 2. The molecular formula is C22H20N4O3S. The van der Waals surface area contributed by atoms with Gasteiger partial charge >= 0.3 is 0 Å². The van der Waals surface area contributed by atoms with E-state index in [1.807, 2.05) is 46.8 Å². The number of ether oxygens (including phenoxy) is 1. The van der Waals surface area contributed by atoms with E-state index in [-0.39, 0.29) is 17.9 Å². The molecule has 5 heterocycles. The first kappa shape index (κ1) is 17.9. The molecule has 7 nitrogen and oxygen atoms in total. The smallest absolute Gasteiger partial charge is 0.233 e. The number of benzene rings is 1. The van der Waals surface area contributed by atoms with Crippen LogP contribution in [0.1, 0.15) is 5.56 Å². The summed E-state index contributed by atoms with van der Waals surface area (Å²) < 4.78 is 6.19. The maximum absolute atomic E-state index is 13.3. The molecule has 2 N–H and O–H groups in total.